The summed E-state index contributed by atoms with van der Waals surface area (Å²) < 4.78 is 33.4. The van der Waals surface area contributed by atoms with Gasteiger partial charge in [-0.1, -0.05) is 18.2 Å². The number of benzene rings is 2. The van der Waals surface area contributed by atoms with Crippen LogP contribution >= 0.6 is 11.3 Å². The third kappa shape index (κ3) is 3.53. The summed E-state index contributed by atoms with van der Waals surface area (Å²) in [7, 11) is 0. The number of amides is 1. The van der Waals surface area contributed by atoms with E-state index in [4.69, 9.17) is 4.74 Å². The lowest BCUT2D eigenvalue weighted by Crippen LogP contribution is -2.16. The number of hydrogen-bond acceptors (Lipinski definition) is 4. The first-order valence-electron chi connectivity index (χ1n) is 8.66. The number of aromatic nitrogens is 1. The topological polar surface area (TPSA) is 51.2 Å². The van der Waals surface area contributed by atoms with Crippen LogP contribution < -0.4 is 5.32 Å². The van der Waals surface area contributed by atoms with Crippen LogP contribution in [-0.2, 0) is 4.74 Å². The average molecular weight is 398 g/mol. The van der Waals surface area contributed by atoms with Gasteiger partial charge in [-0.3, -0.25) is 4.79 Å². The lowest BCUT2D eigenvalue weighted by atomic mass is 9.95. The van der Waals surface area contributed by atoms with Crippen LogP contribution in [0, 0.1) is 11.6 Å². The Kier molecular flexibility index (Phi) is 4.92. The van der Waals surface area contributed by atoms with Crippen LogP contribution in [0.25, 0.3) is 5.76 Å². The summed E-state index contributed by atoms with van der Waals surface area (Å²) in [5, 5.41) is 5.26. The molecule has 28 heavy (non-hydrogen) atoms. The molecule has 0 bridgehead atoms. The molecule has 4 nitrogen and oxygen atoms in total. The van der Waals surface area contributed by atoms with Crippen LogP contribution in [0.5, 0.6) is 0 Å². The van der Waals surface area contributed by atoms with E-state index in [9.17, 15) is 13.6 Å². The van der Waals surface area contributed by atoms with E-state index in [1.54, 1.807) is 18.3 Å². The fourth-order valence-electron chi connectivity index (χ4n) is 3.14. The number of hydrogen-bond donors (Lipinski definition) is 1. The minimum atomic E-state index is -0.897. The zero-order chi connectivity index (χ0) is 19.7. The summed E-state index contributed by atoms with van der Waals surface area (Å²) in [6.07, 6.45) is 3.72. The normalized spacial score (nSPS) is 18.5. The van der Waals surface area contributed by atoms with Gasteiger partial charge in [0.05, 0.1) is 0 Å². The predicted molar refractivity (Wildman–Crippen MR) is 104 cm³/mol. The van der Waals surface area contributed by atoms with Crippen molar-refractivity contribution in [3.63, 3.8) is 0 Å². The number of nitrogens with one attached hydrogen (secondary N) is 1. The Hall–Kier alpha value is -3.06. The van der Waals surface area contributed by atoms with Crippen molar-refractivity contribution < 1.29 is 18.3 Å². The zero-order valence-electron chi connectivity index (χ0n) is 14.9. The molecular weight excluding hydrogens is 382 g/mol. The Morgan fingerprint density at radius 1 is 1.14 bits per heavy atom. The summed E-state index contributed by atoms with van der Waals surface area (Å²) >= 11 is 1.52. The van der Waals surface area contributed by atoms with Crippen molar-refractivity contribution in [1.82, 2.24) is 4.98 Å². The number of rotatable bonds is 4. The van der Waals surface area contributed by atoms with Gasteiger partial charge < -0.3 is 10.1 Å². The monoisotopic (exact) mass is 398 g/mol. The third-order valence-electron chi connectivity index (χ3n) is 4.54. The van der Waals surface area contributed by atoms with Gasteiger partial charge in [0.1, 0.15) is 23.3 Å². The first-order valence-corrected chi connectivity index (χ1v) is 9.54. The van der Waals surface area contributed by atoms with Gasteiger partial charge in [-0.25, -0.2) is 13.8 Å². The lowest BCUT2D eigenvalue weighted by molar-refractivity contribution is 0.101. The second kappa shape index (κ2) is 7.52. The molecular formula is C21H16F2N2O2S. The van der Waals surface area contributed by atoms with E-state index in [1.807, 2.05) is 30.5 Å². The van der Waals surface area contributed by atoms with Gasteiger partial charge in [-0.15, -0.1) is 11.3 Å². The summed E-state index contributed by atoms with van der Waals surface area (Å²) in [6, 6.07) is 10.4. The van der Waals surface area contributed by atoms with Gasteiger partial charge in [0.2, 0.25) is 0 Å². The smallest absolute Gasteiger partial charge is 0.261 e. The van der Waals surface area contributed by atoms with E-state index in [0.717, 1.165) is 28.5 Å². The standard InChI is InChI=1S/C21H16F2N2O2S/c1-12-15(11-18(27-12)21-24-9-10-28-21)13-5-7-14(8-6-13)25-20(26)19-16(22)3-2-4-17(19)23/h2-12,15H,1H3,(H,25,26). The summed E-state index contributed by atoms with van der Waals surface area (Å²) in [4.78, 5) is 16.5. The highest BCUT2D eigenvalue weighted by Crippen LogP contribution is 2.37. The van der Waals surface area contributed by atoms with Crippen LogP contribution in [0.1, 0.15) is 33.8 Å². The molecule has 4 rings (SSSR count). The molecule has 2 unspecified atom stereocenters. The van der Waals surface area contributed by atoms with Crippen molar-refractivity contribution in [2.75, 3.05) is 5.32 Å². The van der Waals surface area contributed by atoms with Crippen LogP contribution in [-0.4, -0.2) is 17.0 Å². The van der Waals surface area contributed by atoms with Crippen molar-refractivity contribution in [1.29, 1.82) is 0 Å². The number of thiazole rings is 1. The molecule has 1 amide bonds. The molecule has 2 heterocycles. The number of carbonyl (C=O) groups excluding carboxylic acids is 1. The van der Waals surface area contributed by atoms with Crippen molar-refractivity contribution in [3.05, 3.63) is 87.9 Å². The molecule has 0 spiro atoms. The van der Waals surface area contributed by atoms with Crippen molar-refractivity contribution in [2.45, 2.75) is 18.9 Å². The van der Waals surface area contributed by atoms with Crippen molar-refractivity contribution in [3.8, 4) is 0 Å². The Morgan fingerprint density at radius 3 is 2.50 bits per heavy atom. The van der Waals surface area contributed by atoms with Gasteiger partial charge in [0, 0.05) is 23.2 Å². The van der Waals surface area contributed by atoms with Gasteiger partial charge in [-0.2, -0.15) is 0 Å². The van der Waals surface area contributed by atoms with Crippen molar-refractivity contribution >= 4 is 28.7 Å². The predicted octanol–water partition coefficient (Wildman–Crippen LogP) is 5.22. The number of halogens is 2. The largest absolute Gasteiger partial charge is 0.487 e. The second-order valence-electron chi connectivity index (χ2n) is 6.39. The lowest BCUT2D eigenvalue weighted by Gasteiger charge is -2.15. The number of nitrogens with zero attached hydrogens (tertiary/aromatic N) is 1. The maximum atomic E-state index is 13.7. The summed E-state index contributed by atoms with van der Waals surface area (Å²) in [6.45, 7) is 1.98. The number of carbonyl (C=O) groups is 1. The molecule has 1 aliphatic rings. The minimum Gasteiger partial charge on any atom is -0.487 e. The summed E-state index contributed by atoms with van der Waals surface area (Å²) in [5.41, 5.74) is 0.863. The van der Waals surface area contributed by atoms with E-state index >= 15 is 0 Å². The number of anilines is 1. The third-order valence-corrected chi connectivity index (χ3v) is 5.32. The highest BCUT2D eigenvalue weighted by atomic mass is 32.1. The molecule has 0 saturated carbocycles. The van der Waals surface area contributed by atoms with E-state index < -0.39 is 23.1 Å². The maximum Gasteiger partial charge on any atom is 0.261 e. The molecule has 7 heteroatoms. The van der Waals surface area contributed by atoms with Gasteiger partial charge in [0.15, 0.2) is 10.8 Å². The molecule has 3 aromatic rings. The Bertz CT molecular complexity index is 1010. The fraction of sp³-hybridized carbons (Fsp3) is 0.143. The van der Waals surface area contributed by atoms with Gasteiger partial charge in [0.25, 0.3) is 5.91 Å². The Morgan fingerprint density at radius 2 is 1.86 bits per heavy atom. The Balaban J connectivity index is 1.51. The molecule has 142 valence electrons. The quantitative estimate of drug-likeness (QED) is 0.656. The van der Waals surface area contributed by atoms with Crippen LogP contribution in [0.15, 0.2) is 60.1 Å². The maximum absolute atomic E-state index is 13.7. The first kappa shape index (κ1) is 18.3. The minimum absolute atomic E-state index is 0.0488. The molecule has 0 radical (unpaired) electrons. The molecule has 1 aliphatic heterocycles. The van der Waals surface area contributed by atoms with Crippen LogP contribution in [0.2, 0.25) is 0 Å². The Labute approximate surface area is 164 Å². The van der Waals surface area contributed by atoms with E-state index in [-0.39, 0.29) is 12.0 Å². The molecule has 0 aliphatic carbocycles. The van der Waals surface area contributed by atoms with E-state index in [1.165, 1.54) is 17.4 Å². The second-order valence-corrected chi connectivity index (χ2v) is 7.28. The van der Waals surface area contributed by atoms with E-state index in [0.29, 0.717) is 5.69 Å². The van der Waals surface area contributed by atoms with Crippen LogP contribution in [0.3, 0.4) is 0 Å². The van der Waals surface area contributed by atoms with Crippen LogP contribution in [0.4, 0.5) is 14.5 Å². The van der Waals surface area contributed by atoms with Gasteiger partial charge in [-0.05, 0) is 42.8 Å². The molecule has 1 aromatic heterocycles. The molecule has 2 aromatic carbocycles. The summed E-state index contributed by atoms with van der Waals surface area (Å²) in [5.74, 6) is -1.81. The number of ether oxygens (including phenoxy) is 1. The van der Waals surface area contributed by atoms with E-state index in [2.05, 4.69) is 10.3 Å². The highest BCUT2D eigenvalue weighted by Gasteiger charge is 2.28. The van der Waals surface area contributed by atoms with Crippen molar-refractivity contribution in [2.24, 2.45) is 0 Å². The average Bonchev–Trinajstić information content (AvgIpc) is 3.32. The molecule has 1 N–H and O–H groups in total. The highest BCUT2D eigenvalue weighted by molar-refractivity contribution is 7.10. The molecule has 0 fully saturated rings. The fourth-order valence-corrected chi connectivity index (χ4v) is 3.75. The zero-order valence-corrected chi connectivity index (χ0v) is 15.7. The van der Waals surface area contributed by atoms with Gasteiger partial charge >= 0.3 is 0 Å². The molecule has 2 atom stereocenters. The molecule has 0 saturated heterocycles. The SMILES string of the molecule is CC1OC(c2nccs2)=CC1c1ccc(NC(=O)c2c(F)cccc2F)cc1. The first-order chi connectivity index (χ1) is 13.5.